The van der Waals surface area contributed by atoms with E-state index in [1.807, 2.05) is 18.2 Å². The number of thiol groups is 1. The standard InChI is InChI=1S/C8H6ClNS2/c9-7-6-4(11)2-1-3-5(6)12-8(7)10/h1-3,11H,10H2. The fourth-order valence-electron chi connectivity index (χ4n) is 1.11. The SMILES string of the molecule is Nc1sc2cccc(S)c2c1Cl. The van der Waals surface area contributed by atoms with Gasteiger partial charge >= 0.3 is 0 Å². The van der Waals surface area contributed by atoms with Gasteiger partial charge in [0.2, 0.25) is 0 Å². The molecule has 0 atom stereocenters. The molecule has 1 nitrogen and oxygen atoms in total. The van der Waals surface area contributed by atoms with Crippen molar-refractivity contribution in [2.24, 2.45) is 0 Å². The van der Waals surface area contributed by atoms with Gasteiger partial charge in [0.05, 0.1) is 5.02 Å². The first-order valence-electron chi connectivity index (χ1n) is 3.35. The fourth-order valence-corrected chi connectivity index (χ4v) is 2.84. The molecular formula is C8H6ClNS2. The van der Waals surface area contributed by atoms with Crippen molar-refractivity contribution in [3.63, 3.8) is 0 Å². The van der Waals surface area contributed by atoms with Gasteiger partial charge < -0.3 is 5.73 Å². The molecule has 0 amide bonds. The highest BCUT2D eigenvalue weighted by molar-refractivity contribution is 7.80. The van der Waals surface area contributed by atoms with Gasteiger partial charge in [-0.15, -0.1) is 24.0 Å². The molecule has 0 saturated carbocycles. The highest BCUT2D eigenvalue weighted by Gasteiger charge is 2.08. The number of anilines is 1. The summed E-state index contributed by atoms with van der Waals surface area (Å²) in [6.07, 6.45) is 0. The summed E-state index contributed by atoms with van der Waals surface area (Å²) in [5, 5.41) is 2.25. The molecule has 0 unspecified atom stereocenters. The van der Waals surface area contributed by atoms with E-state index >= 15 is 0 Å². The van der Waals surface area contributed by atoms with Crippen molar-refractivity contribution >= 4 is 50.7 Å². The lowest BCUT2D eigenvalue weighted by atomic mass is 10.2. The molecule has 0 aliphatic rings. The van der Waals surface area contributed by atoms with Crippen LogP contribution in [-0.2, 0) is 0 Å². The van der Waals surface area contributed by atoms with Crippen LogP contribution in [0.5, 0.6) is 0 Å². The fraction of sp³-hybridized carbons (Fsp3) is 0. The molecule has 0 aliphatic carbocycles. The van der Waals surface area contributed by atoms with Crippen LogP contribution in [0.3, 0.4) is 0 Å². The molecule has 2 aromatic rings. The lowest BCUT2D eigenvalue weighted by Crippen LogP contribution is -1.76. The van der Waals surface area contributed by atoms with E-state index in [1.54, 1.807) is 0 Å². The average molecular weight is 216 g/mol. The molecule has 62 valence electrons. The van der Waals surface area contributed by atoms with Crippen molar-refractivity contribution in [2.75, 3.05) is 5.73 Å². The van der Waals surface area contributed by atoms with E-state index in [2.05, 4.69) is 12.6 Å². The van der Waals surface area contributed by atoms with E-state index in [1.165, 1.54) is 11.3 Å². The van der Waals surface area contributed by atoms with Crippen LogP contribution >= 0.6 is 35.6 Å². The summed E-state index contributed by atoms with van der Waals surface area (Å²) in [6, 6.07) is 5.84. The van der Waals surface area contributed by atoms with Crippen LogP contribution in [0.1, 0.15) is 0 Å². The van der Waals surface area contributed by atoms with Crippen LogP contribution in [0.4, 0.5) is 5.00 Å². The zero-order chi connectivity index (χ0) is 8.72. The summed E-state index contributed by atoms with van der Waals surface area (Å²) in [6.45, 7) is 0. The Morgan fingerprint density at radius 3 is 2.83 bits per heavy atom. The number of halogens is 1. The first-order valence-corrected chi connectivity index (χ1v) is 5.00. The molecule has 2 rings (SSSR count). The molecule has 4 heteroatoms. The maximum absolute atomic E-state index is 5.98. The van der Waals surface area contributed by atoms with Gasteiger partial charge in [-0.3, -0.25) is 0 Å². The predicted octanol–water partition coefficient (Wildman–Crippen LogP) is 3.43. The number of fused-ring (bicyclic) bond motifs is 1. The van der Waals surface area contributed by atoms with Gasteiger partial charge in [0, 0.05) is 15.0 Å². The Balaban J connectivity index is 2.97. The van der Waals surface area contributed by atoms with Gasteiger partial charge in [-0.1, -0.05) is 17.7 Å². The van der Waals surface area contributed by atoms with E-state index in [-0.39, 0.29) is 0 Å². The van der Waals surface area contributed by atoms with Crippen molar-refractivity contribution in [3.05, 3.63) is 23.2 Å². The van der Waals surface area contributed by atoms with Gasteiger partial charge in [-0.05, 0) is 12.1 Å². The maximum Gasteiger partial charge on any atom is 0.106 e. The van der Waals surface area contributed by atoms with E-state index < -0.39 is 0 Å². The van der Waals surface area contributed by atoms with Gasteiger partial charge in [-0.2, -0.15) is 0 Å². The maximum atomic E-state index is 5.98. The molecule has 1 aromatic heterocycles. The zero-order valence-corrected chi connectivity index (χ0v) is 8.51. The Morgan fingerprint density at radius 2 is 2.17 bits per heavy atom. The van der Waals surface area contributed by atoms with Crippen LogP contribution in [0, 0.1) is 0 Å². The Kier molecular flexibility index (Phi) is 1.94. The lowest BCUT2D eigenvalue weighted by molar-refractivity contribution is 1.59. The van der Waals surface area contributed by atoms with Crippen LogP contribution in [-0.4, -0.2) is 0 Å². The Labute approximate surface area is 84.6 Å². The van der Waals surface area contributed by atoms with Gasteiger partial charge in [0.1, 0.15) is 5.00 Å². The zero-order valence-electron chi connectivity index (χ0n) is 6.04. The average Bonchev–Trinajstić information content (AvgIpc) is 2.29. The smallest absolute Gasteiger partial charge is 0.106 e. The van der Waals surface area contributed by atoms with Gasteiger partial charge in [0.25, 0.3) is 0 Å². The quantitative estimate of drug-likeness (QED) is 0.647. The molecule has 12 heavy (non-hydrogen) atoms. The predicted molar refractivity (Wildman–Crippen MR) is 58.5 cm³/mol. The van der Waals surface area contributed by atoms with E-state index in [9.17, 15) is 0 Å². The highest BCUT2D eigenvalue weighted by Crippen LogP contribution is 2.40. The number of nitrogen functional groups attached to an aromatic ring is 1. The third-order valence-electron chi connectivity index (χ3n) is 1.66. The molecule has 2 N–H and O–H groups in total. The summed E-state index contributed by atoms with van der Waals surface area (Å²) < 4.78 is 1.09. The van der Waals surface area contributed by atoms with Crippen LogP contribution in [0.25, 0.3) is 10.1 Å². The monoisotopic (exact) mass is 215 g/mol. The van der Waals surface area contributed by atoms with E-state index in [0.717, 1.165) is 15.0 Å². The number of nitrogens with two attached hydrogens (primary N) is 1. The summed E-state index contributed by atoms with van der Waals surface area (Å²) in [5.41, 5.74) is 5.67. The Hall–Kier alpha value is -0.380. The van der Waals surface area contributed by atoms with Crippen molar-refractivity contribution in [2.45, 2.75) is 4.90 Å². The number of thiophene rings is 1. The van der Waals surface area contributed by atoms with Crippen molar-refractivity contribution in [1.82, 2.24) is 0 Å². The first-order chi connectivity index (χ1) is 5.70. The van der Waals surface area contributed by atoms with Crippen LogP contribution in [0.15, 0.2) is 23.1 Å². The summed E-state index contributed by atoms with van der Waals surface area (Å²) in [5.74, 6) is 0. The second-order valence-corrected chi connectivity index (χ2v) is 4.37. The van der Waals surface area contributed by atoms with E-state index in [4.69, 9.17) is 17.3 Å². The lowest BCUT2D eigenvalue weighted by Gasteiger charge is -1.93. The summed E-state index contributed by atoms with van der Waals surface area (Å²) in [4.78, 5) is 0.880. The highest BCUT2D eigenvalue weighted by atomic mass is 35.5. The number of benzene rings is 1. The van der Waals surface area contributed by atoms with E-state index in [0.29, 0.717) is 10.0 Å². The van der Waals surface area contributed by atoms with Crippen molar-refractivity contribution in [1.29, 1.82) is 0 Å². The Morgan fingerprint density at radius 1 is 1.42 bits per heavy atom. The topological polar surface area (TPSA) is 26.0 Å². The molecular weight excluding hydrogens is 210 g/mol. The molecule has 0 spiro atoms. The third-order valence-corrected chi connectivity index (χ3v) is 3.52. The molecule has 1 aromatic carbocycles. The first kappa shape index (κ1) is 8.23. The Bertz CT molecular complexity index is 436. The van der Waals surface area contributed by atoms with Gasteiger partial charge in [0.15, 0.2) is 0 Å². The molecule has 0 bridgehead atoms. The largest absolute Gasteiger partial charge is 0.389 e. The number of rotatable bonds is 0. The molecule has 0 fully saturated rings. The molecule has 0 saturated heterocycles. The third kappa shape index (κ3) is 1.09. The van der Waals surface area contributed by atoms with Gasteiger partial charge in [-0.25, -0.2) is 0 Å². The molecule has 0 radical (unpaired) electrons. The second kappa shape index (κ2) is 2.83. The minimum Gasteiger partial charge on any atom is -0.389 e. The minimum atomic E-state index is 0.626. The minimum absolute atomic E-state index is 0.626. The molecule has 1 heterocycles. The van der Waals surface area contributed by atoms with Crippen molar-refractivity contribution < 1.29 is 0 Å². The summed E-state index contributed by atoms with van der Waals surface area (Å²) >= 11 is 11.8. The van der Waals surface area contributed by atoms with Crippen LogP contribution < -0.4 is 5.73 Å². The second-order valence-electron chi connectivity index (χ2n) is 2.43. The summed E-state index contributed by atoms with van der Waals surface area (Å²) in [7, 11) is 0. The normalized spacial score (nSPS) is 10.8. The molecule has 0 aliphatic heterocycles. The van der Waals surface area contributed by atoms with Crippen LogP contribution in [0.2, 0.25) is 5.02 Å². The number of hydrogen-bond acceptors (Lipinski definition) is 3. The van der Waals surface area contributed by atoms with Crippen molar-refractivity contribution in [3.8, 4) is 0 Å². The number of hydrogen-bond donors (Lipinski definition) is 2.